The monoisotopic (exact) mass is 306 g/mol. The molecule has 0 aliphatic heterocycles. The Kier molecular flexibility index (Phi) is 6.24. The number of hydrogen-bond acceptors (Lipinski definition) is 4. The van der Waals surface area contributed by atoms with E-state index in [4.69, 9.17) is 10.8 Å². The van der Waals surface area contributed by atoms with E-state index in [0.29, 0.717) is 19.0 Å². The van der Waals surface area contributed by atoms with Crippen LogP contribution in [-0.2, 0) is 11.3 Å². The summed E-state index contributed by atoms with van der Waals surface area (Å²) in [7, 11) is 0. The van der Waals surface area contributed by atoms with Crippen molar-refractivity contribution in [3.8, 4) is 11.8 Å². The Hall–Kier alpha value is -1.35. The number of nitrogens with zero attached hydrogens (tertiary/aromatic N) is 1. The van der Waals surface area contributed by atoms with Crippen LogP contribution in [0.25, 0.3) is 0 Å². The van der Waals surface area contributed by atoms with Crippen LogP contribution in [0.2, 0.25) is 0 Å². The molecule has 1 aromatic rings. The first-order valence-electron chi connectivity index (χ1n) is 7.40. The zero-order chi connectivity index (χ0) is 15.1. The van der Waals surface area contributed by atoms with Crippen LogP contribution in [0.4, 0.5) is 0 Å². The molecule has 3 N–H and O–H groups in total. The molecular formula is C16H22N2O2S. The summed E-state index contributed by atoms with van der Waals surface area (Å²) in [4.78, 5) is 15.7. The van der Waals surface area contributed by atoms with Gasteiger partial charge in [-0.25, -0.2) is 0 Å². The Bertz CT molecular complexity index is 524. The van der Waals surface area contributed by atoms with Gasteiger partial charge in [-0.15, -0.1) is 11.3 Å². The van der Waals surface area contributed by atoms with Gasteiger partial charge in [0.1, 0.15) is 0 Å². The van der Waals surface area contributed by atoms with E-state index in [9.17, 15) is 4.79 Å². The van der Waals surface area contributed by atoms with E-state index in [1.54, 1.807) is 11.3 Å². The summed E-state index contributed by atoms with van der Waals surface area (Å²) >= 11 is 1.65. The largest absolute Gasteiger partial charge is 0.395 e. The van der Waals surface area contributed by atoms with Gasteiger partial charge in [0.2, 0.25) is 5.91 Å². The van der Waals surface area contributed by atoms with Gasteiger partial charge in [-0.3, -0.25) is 9.69 Å². The zero-order valence-electron chi connectivity index (χ0n) is 12.2. The van der Waals surface area contributed by atoms with Gasteiger partial charge in [0.15, 0.2) is 0 Å². The minimum atomic E-state index is -0.263. The molecular weight excluding hydrogens is 284 g/mol. The van der Waals surface area contributed by atoms with E-state index in [0.717, 1.165) is 24.3 Å². The summed E-state index contributed by atoms with van der Waals surface area (Å²) < 4.78 is 0. The Morgan fingerprint density at radius 2 is 2.19 bits per heavy atom. The van der Waals surface area contributed by atoms with Gasteiger partial charge in [0.25, 0.3) is 0 Å². The first-order valence-corrected chi connectivity index (χ1v) is 8.21. The molecule has 0 saturated heterocycles. The van der Waals surface area contributed by atoms with Crippen molar-refractivity contribution < 1.29 is 9.90 Å². The number of nitrogens with two attached hydrogens (primary N) is 1. The summed E-state index contributed by atoms with van der Waals surface area (Å²) in [5.74, 6) is 5.71. The van der Waals surface area contributed by atoms with E-state index >= 15 is 0 Å². The van der Waals surface area contributed by atoms with Crippen molar-refractivity contribution in [1.29, 1.82) is 0 Å². The van der Waals surface area contributed by atoms with Crippen molar-refractivity contribution in [3.63, 3.8) is 0 Å². The van der Waals surface area contributed by atoms with E-state index in [1.165, 1.54) is 17.7 Å². The summed E-state index contributed by atoms with van der Waals surface area (Å²) in [5.41, 5.74) is 5.38. The fourth-order valence-corrected chi connectivity index (χ4v) is 3.63. The molecule has 1 amide bonds. The number of aliphatic hydroxyl groups excluding tert-OH is 1. The van der Waals surface area contributed by atoms with Crippen LogP contribution < -0.4 is 5.73 Å². The van der Waals surface area contributed by atoms with Gasteiger partial charge < -0.3 is 10.8 Å². The smallest absolute Gasteiger partial charge is 0.231 e. The Morgan fingerprint density at radius 3 is 2.86 bits per heavy atom. The van der Waals surface area contributed by atoms with E-state index in [-0.39, 0.29) is 12.5 Å². The van der Waals surface area contributed by atoms with Gasteiger partial charge in [0, 0.05) is 23.9 Å². The van der Waals surface area contributed by atoms with Crippen LogP contribution in [0.3, 0.4) is 0 Å². The maximum Gasteiger partial charge on any atom is 0.231 e. The quantitative estimate of drug-likeness (QED) is 0.786. The number of carbonyl (C=O) groups excluding carboxylic acids is 1. The predicted octanol–water partition coefficient (Wildman–Crippen LogP) is 1.71. The van der Waals surface area contributed by atoms with Crippen molar-refractivity contribution in [2.24, 2.45) is 5.73 Å². The molecule has 114 valence electrons. The van der Waals surface area contributed by atoms with Gasteiger partial charge in [-0.1, -0.05) is 24.7 Å². The topological polar surface area (TPSA) is 66.6 Å². The number of hydrogen-bond donors (Lipinski definition) is 2. The second-order valence-electron chi connectivity index (χ2n) is 5.35. The minimum Gasteiger partial charge on any atom is -0.395 e. The number of amides is 1. The molecule has 0 aromatic carbocycles. The van der Waals surface area contributed by atoms with Crippen LogP contribution in [0.5, 0.6) is 0 Å². The molecule has 2 rings (SSSR count). The highest BCUT2D eigenvalue weighted by atomic mass is 32.1. The molecule has 21 heavy (non-hydrogen) atoms. The lowest BCUT2D eigenvalue weighted by atomic mass is 10.2. The average molecular weight is 306 g/mol. The third-order valence-electron chi connectivity index (χ3n) is 3.67. The first kappa shape index (κ1) is 16.0. The van der Waals surface area contributed by atoms with Crippen molar-refractivity contribution in [2.45, 2.75) is 44.7 Å². The summed E-state index contributed by atoms with van der Waals surface area (Å²) in [6, 6.07) is 4.54. The molecule has 1 aliphatic carbocycles. The molecule has 4 nitrogen and oxygen atoms in total. The molecule has 0 radical (unpaired) electrons. The number of thiophene rings is 1. The van der Waals surface area contributed by atoms with E-state index in [1.807, 2.05) is 6.07 Å². The lowest BCUT2D eigenvalue weighted by Gasteiger charge is -2.26. The highest BCUT2D eigenvalue weighted by Crippen LogP contribution is 2.26. The van der Waals surface area contributed by atoms with E-state index < -0.39 is 0 Å². The van der Waals surface area contributed by atoms with Crippen LogP contribution in [0, 0.1) is 11.8 Å². The summed E-state index contributed by atoms with van der Waals surface area (Å²) in [6.45, 7) is 1.19. The van der Waals surface area contributed by atoms with Gasteiger partial charge >= 0.3 is 0 Å². The molecule has 0 atom stereocenters. The van der Waals surface area contributed by atoms with Crippen molar-refractivity contribution in [2.75, 3.05) is 13.2 Å². The molecule has 0 bridgehead atoms. The van der Waals surface area contributed by atoms with Crippen LogP contribution in [0.1, 0.15) is 41.9 Å². The van der Waals surface area contributed by atoms with Crippen LogP contribution >= 0.6 is 11.3 Å². The van der Waals surface area contributed by atoms with Crippen molar-refractivity contribution >= 4 is 17.2 Å². The molecule has 1 aromatic heterocycles. The Morgan fingerprint density at radius 1 is 1.43 bits per heavy atom. The second kappa shape index (κ2) is 8.18. The van der Waals surface area contributed by atoms with Crippen molar-refractivity contribution in [1.82, 2.24) is 4.90 Å². The normalized spacial score (nSPS) is 15.1. The molecule has 5 heteroatoms. The minimum absolute atomic E-state index is 0.0965. The average Bonchev–Trinajstić information content (AvgIpc) is 3.09. The van der Waals surface area contributed by atoms with Gasteiger partial charge in [0.05, 0.1) is 18.0 Å². The molecule has 1 aliphatic rings. The standard InChI is InChI=1S/C16H22N2O2S/c17-16(20)12-18(13-5-1-2-6-13)11-15-9-8-14(21-15)7-3-4-10-19/h8-9,13,19H,1-2,4-6,10-12H2,(H2,17,20). The Labute approximate surface area is 129 Å². The van der Waals surface area contributed by atoms with Crippen molar-refractivity contribution in [3.05, 3.63) is 21.9 Å². The van der Waals surface area contributed by atoms with Gasteiger partial charge in [-0.05, 0) is 25.0 Å². The molecule has 1 saturated carbocycles. The maximum atomic E-state index is 11.3. The molecule has 0 unspecified atom stereocenters. The van der Waals surface area contributed by atoms with E-state index in [2.05, 4.69) is 22.8 Å². The van der Waals surface area contributed by atoms with Crippen LogP contribution in [-0.4, -0.2) is 35.1 Å². The zero-order valence-corrected chi connectivity index (χ0v) is 13.0. The highest BCUT2D eigenvalue weighted by molar-refractivity contribution is 7.12. The third kappa shape index (κ3) is 5.16. The fourth-order valence-electron chi connectivity index (χ4n) is 2.72. The van der Waals surface area contributed by atoms with Crippen LogP contribution in [0.15, 0.2) is 12.1 Å². The number of carbonyl (C=O) groups is 1. The number of rotatable bonds is 6. The highest BCUT2D eigenvalue weighted by Gasteiger charge is 2.24. The summed E-state index contributed by atoms with van der Waals surface area (Å²) in [6.07, 6.45) is 5.29. The maximum absolute atomic E-state index is 11.3. The predicted molar refractivity (Wildman–Crippen MR) is 84.8 cm³/mol. The molecule has 1 heterocycles. The summed E-state index contributed by atoms with van der Waals surface area (Å²) in [5, 5.41) is 8.72. The lowest BCUT2D eigenvalue weighted by molar-refractivity contribution is -0.119. The van der Waals surface area contributed by atoms with Gasteiger partial charge in [-0.2, -0.15) is 0 Å². The SMILES string of the molecule is NC(=O)CN(Cc1ccc(C#CCCO)s1)C1CCCC1. The second-order valence-corrected chi connectivity index (χ2v) is 6.52. The molecule has 0 spiro atoms. The number of aliphatic hydroxyl groups is 1. The number of primary amides is 1. The molecule has 1 fully saturated rings. The lowest BCUT2D eigenvalue weighted by Crippen LogP contribution is -2.39. The fraction of sp³-hybridized carbons (Fsp3) is 0.562. The first-order chi connectivity index (χ1) is 10.2. The third-order valence-corrected chi connectivity index (χ3v) is 4.65. The Balaban J connectivity index is 1.99.